The zero-order chi connectivity index (χ0) is 10.1. The van der Waals surface area contributed by atoms with Crippen LogP contribution in [0.3, 0.4) is 0 Å². The van der Waals surface area contributed by atoms with Gasteiger partial charge < -0.3 is 14.6 Å². The summed E-state index contributed by atoms with van der Waals surface area (Å²) in [6, 6.07) is 0. The van der Waals surface area contributed by atoms with E-state index in [4.69, 9.17) is 9.47 Å². The van der Waals surface area contributed by atoms with Crippen molar-refractivity contribution in [2.45, 2.75) is 64.6 Å². The Bertz CT molecular complexity index is 168. The van der Waals surface area contributed by atoms with Crippen molar-refractivity contribution in [3.8, 4) is 0 Å². The summed E-state index contributed by atoms with van der Waals surface area (Å²) in [6.45, 7) is 7.75. The van der Waals surface area contributed by atoms with Crippen LogP contribution in [0.1, 0.15) is 40.5 Å². The fourth-order valence-corrected chi connectivity index (χ4v) is 1.82. The van der Waals surface area contributed by atoms with Crippen molar-refractivity contribution >= 4 is 0 Å². The van der Waals surface area contributed by atoms with E-state index in [9.17, 15) is 5.11 Å². The van der Waals surface area contributed by atoms with Crippen LogP contribution in [0.4, 0.5) is 0 Å². The van der Waals surface area contributed by atoms with Crippen LogP contribution < -0.4 is 0 Å². The second-order valence-corrected chi connectivity index (χ2v) is 4.16. The van der Waals surface area contributed by atoms with Gasteiger partial charge in [-0.3, -0.25) is 0 Å². The number of hydrogen-bond acceptors (Lipinski definition) is 3. The Morgan fingerprint density at radius 2 is 2.00 bits per heavy atom. The molecule has 1 rings (SSSR count). The molecule has 1 aliphatic heterocycles. The second-order valence-electron chi connectivity index (χ2n) is 4.16. The zero-order valence-corrected chi connectivity index (χ0v) is 8.91. The minimum absolute atomic E-state index is 0.0171. The first-order chi connectivity index (χ1) is 5.96. The van der Waals surface area contributed by atoms with E-state index in [2.05, 4.69) is 6.92 Å². The van der Waals surface area contributed by atoms with E-state index < -0.39 is 11.9 Å². The first kappa shape index (κ1) is 11.0. The van der Waals surface area contributed by atoms with Crippen molar-refractivity contribution in [3.63, 3.8) is 0 Å². The first-order valence-electron chi connectivity index (χ1n) is 5.00. The SMILES string of the molecule is CCCC(O)C1OC(C)(C)OC1C. The molecule has 0 aromatic rings. The summed E-state index contributed by atoms with van der Waals surface area (Å²) >= 11 is 0. The summed E-state index contributed by atoms with van der Waals surface area (Å²) in [5.74, 6) is -0.543. The van der Waals surface area contributed by atoms with Crippen LogP contribution in [0.15, 0.2) is 0 Å². The van der Waals surface area contributed by atoms with Crippen LogP contribution in [0.5, 0.6) is 0 Å². The summed E-state index contributed by atoms with van der Waals surface area (Å²) in [5.41, 5.74) is 0. The third-order valence-electron chi connectivity index (χ3n) is 2.32. The molecule has 1 N–H and O–H groups in total. The van der Waals surface area contributed by atoms with Gasteiger partial charge in [0.1, 0.15) is 6.10 Å². The van der Waals surface area contributed by atoms with Gasteiger partial charge in [-0.2, -0.15) is 0 Å². The maximum absolute atomic E-state index is 9.75. The van der Waals surface area contributed by atoms with Gasteiger partial charge in [0.15, 0.2) is 5.79 Å². The van der Waals surface area contributed by atoms with Crippen molar-refractivity contribution < 1.29 is 14.6 Å². The van der Waals surface area contributed by atoms with E-state index in [1.165, 1.54) is 0 Å². The van der Waals surface area contributed by atoms with E-state index >= 15 is 0 Å². The van der Waals surface area contributed by atoms with Crippen molar-refractivity contribution in [2.24, 2.45) is 0 Å². The van der Waals surface area contributed by atoms with Crippen molar-refractivity contribution in [1.82, 2.24) is 0 Å². The molecule has 3 heteroatoms. The Morgan fingerprint density at radius 3 is 2.38 bits per heavy atom. The summed E-state index contributed by atoms with van der Waals surface area (Å²) < 4.78 is 11.1. The van der Waals surface area contributed by atoms with Gasteiger partial charge >= 0.3 is 0 Å². The van der Waals surface area contributed by atoms with Crippen LogP contribution in [0.25, 0.3) is 0 Å². The van der Waals surface area contributed by atoms with E-state index in [-0.39, 0.29) is 12.2 Å². The van der Waals surface area contributed by atoms with Crippen molar-refractivity contribution in [3.05, 3.63) is 0 Å². The monoisotopic (exact) mass is 188 g/mol. The molecule has 3 unspecified atom stereocenters. The Labute approximate surface area is 80.0 Å². The van der Waals surface area contributed by atoms with Gasteiger partial charge in [-0.05, 0) is 27.2 Å². The van der Waals surface area contributed by atoms with E-state index in [0.717, 1.165) is 12.8 Å². The normalized spacial score (nSPS) is 34.8. The standard InChI is InChI=1S/C10H20O3/c1-5-6-8(11)9-7(2)12-10(3,4)13-9/h7-9,11H,5-6H2,1-4H3. The molecule has 0 spiro atoms. The average Bonchev–Trinajstić information content (AvgIpc) is 2.25. The highest BCUT2D eigenvalue weighted by Gasteiger charge is 2.41. The fourth-order valence-electron chi connectivity index (χ4n) is 1.82. The van der Waals surface area contributed by atoms with Crippen LogP contribution in [-0.4, -0.2) is 29.2 Å². The van der Waals surface area contributed by atoms with E-state index in [1.807, 2.05) is 20.8 Å². The second kappa shape index (κ2) is 3.95. The molecular formula is C10H20O3. The lowest BCUT2D eigenvalue weighted by molar-refractivity contribution is -0.154. The molecule has 0 radical (unpaired) electrons. The number of aliphatic hydroxyl groups is 1. The Balaban J connectivity index is 2.52. The summed E-state index contributed by atoms with van der Waals surface area (Å²) in [5, 5.41) is 9.75. The fraction of sp³-hybridized carbons (Fsp3) is 1.00. The maximum Gasteiger partial charge on any atom is 0.163 e. The van der Waals surface area contributed by atoms with Crippen molar-refractivity contribution in [1.29, 1.82) is 0 Å². The zero-order valence-electron chi connectivity index (χ0n) is 8.91. The van der Waals surface area contributed by atoms with Crippen LogP contribution in [0, 0.1) is 0 Å². The molecule has 1 fully saturated rings. The molecule has 1 aliphatic rings. The van der Waals surface area contributed by atoms with E-state index in [0.29, 0.717) is 0 Å². The Morgan fingerprint density at radius 1 is 1.38 bits per heavy atom. The van der Waals surface area contributed by atoms with E-state index in [1.54, 1.807) is 0 Å². The molecule has 0 bridgehead atoms. The van der Waals surface area contributed by atoms with Crippen LogP contribution >= 0.6 is 0 Å². The third-order valence-corrected chi connectivity index (χ3v) is 2.32. The summed E-state index contributed by atoms with van der Waals surface area (Å²) in [6.07, 6.45) is 1.15. The number of hydrogen-bond donors (Lipinski definition) is 1. The van der Waals surface area contributed by atoms with Gasteiger partial charge in [0.05, 0.1) is 12.2 Å². The molecule has 0 amide bonds. The highest BCUT2D eigenvalue weighted by Crippen LogP contribution is 2.30. The molecule has 0 aromatic heterocycles. The predicted octanol–water partition coefficient (Wildman–Crippen LogP) is 1.69. The first-order valence-corrected chi connectivity index (χ1v) is 5.00. The lowest BCUT2D eigenvalue weighted by Crippen LogP contribution is -2.33. The summed E-state index contributed by atoms with van der Waals surface area (Å²) in [4.78, 5) is 0. The molecule has 78 valence electrons. The number of rotatable bonds is 3. The number of ether oxygens (including phenoxy) is 2. The summed E-state index contributed by atoms with van der Waals surface area (Å²) in [7, 11) is 0. The van der Waals surface area contributed by atoms with Crippen LogP contribution in [-0.2, 0) is 9.47 Å². The molecule has 13 heavy (non-hydrogen) atoms. The highest BCUT2D eigenvalue weighted by molar-refractivity contribution is 4.83. The van der Waals surface area contributed by atoms with Gasteiger partial charge in [0.2, 0.25) is 0 Å². The molecule has 0 saturated carbocycles. The Hall–Kier alpha value is -0.120. The minimum Gasteiger partial charge on any atom is -0.390 e. The van der Waals surface area contributed by atoms with Crippen molar-refractivity contribution in [2.75, 3.05) is 0 Å². The quantitative estimate of drug-likeness (QED) is 0.732. The largest absolute Gasteiger partial charge is 0.390 e. The molecule has 0 aromatic carbocycles. The van der Waals surface area contributed by atoms with Gasteiger partial charge in [-0.25, -0.2) is 0 Å². The molecule has 1 saturated heterocycles. The van der Waals surface area contributed by atoms with Gasteiger partial charge in [-0.1, -0.05) is 13.3 Å². The molecule has 1 heterocycles. The topological polar surface area (TPSA) is 38.7 Å². The predicted molar refractivity (Wildman–Crippen MR) is 50.4 cm³/mol. The highest BCUT2D eigenvalue weighted by atomic mass is 16.8. The minimum atomic E-state index is -0.543. The van der Waals surface area contributed by atoms with Gasteiger partial charge in [0, 0.05) is 0 Å². The molecule has 0 aliphatic carbocycles. The number of aliphatic hydroxyl groups excluding tert-OH is 1. The Kier molecular flexibility index (Phi) is 3.33. The van der Waals surface area contributed by atoms with Gasteiger partial charge in [-0.15, -0.1) is 0 Å². The smallest absolute Gasteiger partial charge is 0.163 e. The lowest BCUT2D eigenvalue weighted by atomic mass is 10.1. The molecular weight excluding hydrogens is 168 g/mol. The maximum atomic E-state index is 9.75. The lowest BCUT2D eigenvalue weighted by Gasteiger charge is -2.20. The van der Waals surface area contributed by atoms with Crippen LogP contribution in [0.2, 0.25) is 0 Å². The molecule has 3 nitrogen and oxygen atoms in total. The third kappa shape index (κ3) is 2.66. The van der Waals surface area contributed by atoms with Gasteiger partial charge in [0.25, 0.3) is 0 Å². The molecule has 3 atom stereocenters. The average molecular weight is 188 g/mol.